The molecule has 9 heteroatoms. The zero-order valence-electron chi connectivity index (χ0n) is 28.0. The molecule has 0 saturated heterocycles. The Morgan fingerprint density at radius 1 is 0.708 bits per heavy atom. The van der Waals surface area contributed by atoms with Crippen molar-refractivity contribution in [2.75, 3.05) is 28.4 Å². The van der Waals surface area contributed by atoms with Crippen molar-refractivity contribution < 1.29 is 32.8 Å². The van der Waals surface area contributed by atoms with Gasteiger partial charge in [-0.05, 0) is 67.3 Å². The fourth-order valence-corrected chi connectivity index (χ4v) is 5.90. The van der Waals surface area contributed by atoms with E-state index in [2.05, 4.69) is 0 Å². The first kappa shape index (κ1) is 32.4. The molecule has 2 heterocycles. The molecule has 0 saturated carbocycles. The van der Waals surface area contributed by atoms with Crippen LogP contribution in [0.25, 0.3) is 33.0 Å². The number of hydrogen-bond acceptors (Lipinski definition) is 8. The Kier molecular flexibility index (Phi) is 9.48. The highest BCUT2D eigenvalue weighted by molar-refractivity contribution is 6.12. The highest BCUT2D eigenvalue weighted by Gasteiger charge is 2.22. The fraction of sp³-hybridized carbons (Fsp3) is 0.256. The van der Waals surface area contributed by atoms with Crippen LogP contribution in [0.1, 0.15) is 25.0 Å². The lowest BCUT2D eigenvalue weighted by Crippen LogP contribution is -2.09. The summed E-state index contributed by atoms with van der Waals surface area (Å²) in [5, 5.41) is 1.46. The third kappa shape index (κ3) is 6.49. The first-order chi connectivity index (χ1) is 23.3. The summed E-state index contributed by atoms with van der Waals surface area (Å²) >= 11 is 0. The summed E-state index contributed by atoms with van der Waals surface area (Å²) in [6.45, 7) is 4.77. The number of benzene rings is 4. The van der Waals surface area contributed by atoms with Crippen molar-refractivity contribution in [2.24, 2.45) is 0 Å². The molecule has 0 amide bonds. The Bertz CT molecular complexity index is 2110. The van der Waals surface area contributed by atoms with E-state index in [0.29, 0.717) is 65.2 Å². The van der Waals surface area contributed by atoms with Crippen molar-refractivity contribution in [1.29, 1.82) is 0 Å². The molecule has 248 valence electrons. The van der Waals surface area contributed by atoms with Crippen LogP contribution in [0.15, 0.2) is 94.3 Å². The molecule has 0 N–H and O–H groups in total. The van der Waals surface area contributed by atoms with Gasteiger partial charge >= 0.3 is 5.63 Å². The Hall–Kier alpha value is -5.57. The normalized spacial score (nSPS) is 11.2. The predicted molar refractivity (Wildman–Crippen MR) is 186 cm³/mol. The molecule has 0 aliphatic carbocycles. The van der Waals surface area contributed by atoms with Crippen molar-refractivity contribution in [2.45, 2.75) is 39.5 Å². The predicted octanol–water partition coefficient (Wildman–Crippen LogP) is 8.06. The molecule has 48 heavy (non-hydrogen) atoms. The number of methoxy groups -OCH3 is 4. The van der Waals surface area contributed by atoms with Crippen molar-refractivity contribution in [3.63, 3.8) is 0 Å². The number of hydrogen-bond donors (Lipinski definition) is 0. The number of nitrogens with zero attached hydrogens (tertiary/aromatic N) is 1. The third-order valence-corrected chi connectivity index (χ3v) is 8.17. The summed E-state index contributed by atoms with van der Waals surface area (Å²) in [5.74, 6) is 3.53. The highest BCUT2D eigenvalue weighted by Crippen LogP contribution is 2.42. The quantitative estimate of drug-likeness (QED) is 0.116. The van der Waals surface area contributed by atoms with E-state index in [0.717, 1.165) is 33.0 Å². The number of aromatic nitrogens is 1. The lowest BCUT2D eigenvalue weighted by atomic mass is 10.0. The van der Waals surface area contributed by atoms with Gasteiger partial charge in [0.1, 0.15) is 17.7 Å². The zero-order valence-corrected chi connectivity index (χ0v) is 28.0. The van der Waals surface area contributed by atoms with Crippen LogP contribution in [-0.4, -0.2) is 39.1 Å². The van der Waals surface area contributed by atoms with Crippen LogP contribution in [0.4, 0.5) is 0 Å². The van der Waals surface area contributed by atoms with Gasteiger partial charge in [-0.25, -0.2) is 4.79 Å². The maximum Gasteiger partial charge on any atom is 0.361 e. The first-order valence-electron chi connectivity index (χ1n) is 15.7. The number of rotatable bonds is 13. The van der Waals surface area contributed by atoms with Crippen LogP contribution in [0.3, 0.4) is 0 Å². The van der Waals surface area contributed by atoms with Crippen LogP contribution < -0.4 is 34.0 Å². The van der Waals surface area contributed by atoms with Crippen LogP contribution in [-0.2, 0) is 19.6 Å². The average Bonchev–Trinajstić information content (AvgIpc) is 3.50. The van der Waals surface area contributed by atoms with Gasteiger partial charge in [-0.1, -0.05) is 42.5 Å². The third-order valence-electron chi connectivity index (χ3n) is 8.17. The Morgan fingerprint density at radius 3 is 2.10 bits per heavy atom. The minimum Gasteiger partial charge on any atom is -0.493 e. The number of fused-ring (bicyclic) bond motifs is 3. The van der Waals surface area contributed by atoms with E-state index in [1.54, 1.807) is 34.5 Å². The number of ether oxygens (including phenoxy) is 6. The molecule has 0 bridgehead atoms. The Balaban J connectivity index is 1.51. The summed E-state index contributed by atoms with van der Waals surface area (Å²) in [6, 6.07) is 25.1. The second-order valence-electron chi connectivity index (χ2n) is 11.6. The molecule has 0 radical (unpaired) electrons. The smallest absolute Gasteiger partial charge is 0.361 e. The average molecular weight is 650 g/mol. The van der Waals surface area contributed by atoms with E-state index in [1.165, 1.54) is 0 Å². The van der Waals surface area contributed by atoms with E-state index < -0.39 is 5.63 Å². The van der Waals surface area contributed by atoms with Crippen molar-refractivity contribution in [1.82, 2.24) is 4.57 Å². The van der Waals surface area contributed by atoms with Gasteiger partial charge in [0.05, 0.1) is 34.5 Å². The van der Waals surface area contributed by atoms with Crippen molar-refractivity contribution in [3.05, 3.63) is 107 Å². The first-order valence-corrected chi connectivity index (χ1v) is 15.7. The fourth-order valence-electron chi connectivity index (χ4n) is 5.90. The monoisotopic (exact) mass is 649 g/mol. The van der Waals surface area contributed by atoms with Crippen LogP contribution in [0.5, 0.6) is 34.5 Å². The van der Waals surface area contributed by atoms with E-state index in [9.17, 15) is 4.79 Å². The molecular weight excluding hydrogens is 610 g/mol. The van der Waals surface area contributed by atoms with Gasteiger partial charge in [-0.15, -0.1) is 0 Å². The van der Waals surface area contributed by atoms with Gasteiger partial charge in [-0.3, -0.25) is 0 Å². The van der Waals surface area contributed by atoms with Gasteiger partial charge in [0, 0.05) is 35.1 Å². The molecule has 6 aromatic rings. The minimum absolute atomic E-state index is 0.0663. The van der Waals surface area contributed by atoms with E-state index in [-0.39, 0.29) is 6.10 Å². The van der Waals surface area contributed by atoms with E-state index >= 15 is 0 Å². The second-order valence-corrected chi connectivity index (χ2v) is 11.6. The van der Waals surface area contributed by atoms with Gasteiger partial charge < -0.3 is 37.4 Å². The molecule has 2 aromatic heterocycles. The highest BCUT2D eigenvalue weighted by atomic mass is 16.5. The van der Waals surface area contributed by atoms with E-state index in [4.69, 9.17) is 32.8 Å². The van der Waals surface area contributed by atoms with Crippen LogP contribution in [0.2, 0.25) is 0 Å². The maximum absolute atomic E-state index is 13.9. The summed E-state index contributed by atoms with van der Waals surface area (Å²) in [4.78, 5) is 13.9. The van der Waals surface area contributed by atoms with E-state index in [1.807, 2.05) is 97.4 Å². The molecule has 4 aromatic carbocycles. The molecule has 0 atom stereocenters. The Morgan fingerprint density at radius 2 is 1.40 bits per heavy atom. The summed E-state index contributed by atoms with van der Waals surface area (Å²) in [7, 11) is 6.44. The van der Waals surface area contributed by atoms with Crippen LogP contribution >= 0.6 is 0 Å². The SMILES string of the molecule is COc1ccc(CCn2cc(-c3ccc(OC)c(OC(C)C)c3)c3c4cc(OC)c(OCc5ccccc5)cc4oc(=O)c32)cc1OC. The summed E-state index contributed by atoms with van der Waals surface area (Å²) in [5.41, 5.74) is 4.11. The van der Waals surface area contributed by atoms with Gasteiger partial charge in [-0.2, -0.15) is 0 Å². The van der Waals surface area contributed by atoms with Gasteiger partial charge in [0.15, 0.2) is 34.5 Å². The van der Waals surface area contributed by atoms with Gasteiger partial charge in [0.2, 0.25) is 0 Å². The van der Waals surface area contributed by atoms with Gasteiger partial charge in [0.25, 0.3) is 0 Å². The lowest BCUT2D eigenvalue weighted by Gasteiger charge is -2.15. The standard InChI is InChI=1S/C39H39NO8/c1-24(2)47-36-19-27(13-15-31(36)43-4)29-22-40(17-16-25-12-14-30(42-3)33(18-25)44-5)38-37(29)28-20-34(45-6)35(21-32(28)48-39(38)41)46-23-26-10-8-7-9-11-26/h7-15,18-22,24H,16-17,23H2,1-6H3. The Labute approximate surface area is 279 Å². The zero-order chi connectivity index (χ0) is 33.8. The second kappa shape index (κ2) is 14.0. The molecule has 9 nitrogen and oxygen atoms in total. The molecular formula is C39H39NO8. The molecule has 0 unspecified atom stereocenters. The number of aryl methyl sites for hydroxylation is 2. The van der Waals surface area contributed by atoms with Crippen molar-refractivity contribution >= 4 is 21.9 Å². The summed E-state index contributed by atoms with van der Waals surface area (Å²) < 4.78 is 42.5. The largest absolute Gasteiger partial charge is 0.493 e. The molecule has 0 aliphatic rings. The molecule has 0 spiro atoms. The van der Waals surface area contributed by atoms with Crippen molar-refractivity contribution in [3.8, 4) is 45.6 Å². The topological polar surface area (TPSA) is 90.5 Å². The summed E-state index contributed by atoms with van der Waals surface area (Å²) in [6.07, 6.45) is 2.55. The molecule has 0 aliphatic heterocycles. The minimum atomic E-state index is -0.456. The lowest BCUT2D eigenvalue weighted by molar-refractivity contribution is 0.230. The molecule has 0 fully saturated rings. The maximum atomic E-state index is 13.9. The van der Waals surface area contributed by atoms with Crippen LogP contribution in [0, 0.1) is 0 Å². The molecule has 6 rings (SSSR count).